The summed E-state index contributed by atoms with van der Waals surface area (Å²) in [5.74, 6) is 2.64. The lowest BCUT2D eigenvalue weighted by atomic mass is 9.75. The Balaban J connectivity index is 2.13. The van der Waals surface area contributed by atoms with E-state index in [0.717, 1.165) is 17.6 Å². The van der Waals surface area contributed by atoms with Gasteiger partial charge in [0.1, 0.15) is 5.75 Å². The summed E-state index contributed by atoms with van der Waals surface area (Å²) in [7, 11) is 3.82. The van der Waals surface area contributed by atoms with Gasteiger partial charge in [0.15, 0.2) is 0 Å². The molecule has 1 aromatic carbocycles. The summed E-state index contributed by atoms with van der Waals surface area (Å²) in [4.78, 5) is 0. The Labute approximate surface area is 117 Å². The Morgan fingerprint density at radius 1 is 1.37 bits per heavy atom. The summed E-state index contributed by atoms with van der Waals surface area (Å²) in [6.45, 7) is 2.33. The van der Waals surface area contributed by atoms with Gasteiger partial charge in [0.2, 0.25) is 0 Å². The maximum Gasteiger partial charge on any atom is 0.119 e. The van der Waals surface area contributed by atoms with E-state index >= 15 is 0 Å². The Morgan fingerprint density at radius 3 is 2.89 bits per heavy atom. The molecule has 3 atom stereocenters. The zero-order valence-corrected chi connectivity index (χ0v) is 12.5. The van der Waals surface area contributed by atoms with Crippen molar-refractivity contribution in [3.8, 4) is 5.75 Å². The number of hydrogen-bond acceptors (Lipinski definition) is 2. The molecule has 0 spiro atoms. The molecule has 1 saturated carbocycles. The van der Waals surface area contributed by atoms with Crippen molar-refractivity contribution < 1.29 is 4.74 Å². The molecule has 0 amide bonds. The SMILES string of the molecule is CCC1CCCC(C(NC)c2cccc(OC)c2)C1. The summed E-state index contributed by atoms with van der Waals surface area (Å²) >= 11 is 0. The Kier molecular flexibility index (Phi) is 5.26. The topological polar surface area (TPSA) is 21.3 Å². The fourth-order valence-electron chi connectivity index (χ4n) is 3.52. The predicted octanol–water partition coefficient (Wildman–Crippen LogP) is 4.17. The van der Waals surface area contributed by atoms with Crippen LogP contribution in [0.15, 0.2) is 24.3 Å². The van der Waals surface area contributed by atoms with Crippen molar-refractivity contribution in [1.82, 2.24) is 5.32 Å². The van der Waals surface area contributed by atoms with Crippen LogP contribution >= 0.6 is 0 Å². The molecule has 0 aliphatic heterocycles. The second-order valence-electron chi connectivity index (χ2n) is 5.74. The van der Waals surface area contributed by atoms with Crippen LogP contribution in [0.2, 0.25) is 0 Å². The maximum atomic E-state index is 5.35. The van der Waals surface area contributed by atoms with Gasteiger partial charge in [-0.15, -0.1) is 0 Å². The van der Waals surface area contributed by atoms with Gasteiger partial charge < -0.3 is 10.1 Å². The van der Waals surface area contributed by atoms with E-state index in [2.05, 4.69) is 37.5 Å². The zero-order chi connectivity index (χ0) is 13.7. The molecule has 0 radical (unpaired) electrons. The average molecular weight is 261 g/mol. The highest BCUT2D eigenvalue weighted by atomic mass is 16.5. The van der Waals surface area contributed by atoms with E-state index < -0.39 is 0 Å². The minimum atomic E-state index is 0.462. The van der Waals surface area contributed by atoms with Gasteiger partial charge in [0, 0.05) is 6.04 Å². The van der Waals surface area contributed by atoms with Gasteiger partial charge in [-0.2, -0.15) is 0 Å². The predicted molar refractivity (Wildman–Crippen MR) is 80.5 cm³/mol. The smallest absolute Gasteiger partial charge is 0.119 e. The van der Waals surface area contributed by atoms with Crippen LogP contribution in [0.3, 0.4) is 0 Å². The molecule has 1 aliphatic carbocycles. The molecule has 0 aromatic heterocycles. The van der Waals surface area contributed by atoms with Crippen LogP contribution in [0.25, 0.3) is 0 Å². The van der Waals surface area contributed by atoms with E-state index in [0.29, 0.717) is 6.04 Å². The Bertz CT molecular complexity index is 391. The molecule has 19 heavy (non-hydrogen) atoms. The van der Waals surface area contributed by atoms with E-state index in [4.69, 9.17) is 4.74 Å². The lowest BCUT2D eigenvalue weighted by Crippen LogP contribution is -2.29. The van der Waals surface area contributed by atoms with Crippen molar-refractivity contribution in [2.24, 2.45) is 11.8 Å². The van der Waals surface area contributed by atoms with Crippen molar-refractivity contribution in [3.63, 3.8) is 0 Å². The minimum Gasteiger partial charge on any atom is -0.497 e. The van der Waals surface area contributed by atoms with Crippen molar-refractivity contribution >= 4 is 0 Å². The van der Waals surface area contributed by atoms with Crippen molar-refractivity contribution in [1.29, 1.82) is 0 Å². The molecule has 3 unspecified atom stereocenters. The van der Waals surface area contributed by atoms with Gasteiger partial charge in [-0.1, -0.05) is 38.3 Å². The summed E-state index contributed by atoms with van der Waals surface area (Å²) < 4.78 is 5.35. The van der Waals surface area contributed by atoms with Crippen LogP contribution in [-0.2, 0) is 0 Å². The number of ether oxygens (including phenoxy) is 1. The van der Waals surface area contributed by atoms with Gasteiger partial charge in [-0.25, -0.2) is 0 Å². The third kappa shape index (κ3) is 3.50. The lowest BCUT2D eigenvalue weighted by molar-refractivity contribution is 0.214. The quantitative estimate of drug-likeness (QED) is 0.859. The number of benzene rings is 1. The Hall–Kier alpha value is -1.02. The monoisotopic (exact) mass is 261 g/mol. The number of hydrogen-bond donors (Lipinski definition) is 1. The molecule has 0 saturated heterocycles. The van der Waals surface area contributed by atoms with Crippen molar-refractivity contribution in [2.45, 2.75) is 45.1 Å². The number of methoxy groups -OCH3 is 1. The van der Waals surface area contributed by atoms with E-state index in [1.807, 2.05) is 6.07 Å². The summed E-state index contributed by atoms with van der Waals surface area (Å²) in [6, 6.07) is 8.98. The van der Waals surface area contributed by atoms with E-state index in [-0.39, 0.29) is 0 Å². The molecule has 1 fully saturated rings. The minimum absolute atomic E-state index is 0.462. The molecule has 2 nitrogen and oxygen atoms in total. The molecule has 106 valence electrons. The van der Waals surface area contributed by atoms with Gasteiger partial charge in [-0.05, 0) is 49.4 Å². The van der Waals surface area contributed by atoms with Gasteiger partial charge in [0.05, 0.1) is 7.11 Å². The third-order valence-electron chi connectivity index (χ3n) is 4.64. The van der Waals surface area contributed by atoms with Gasteiger partial charge in [-0.3, -0.25) is 0 Å². The largest absolute Gasteiger partial charge is 0.497 e. The molecule has 2 heteroatoms. The highest BCUT2D eigenvalue weighted by Crippen LogP contribution is 2.38. The zero-order valence-electron chi connectivity index (χ0n) is 12.5. The van der Waals surface area contributed by atoms with E-state index in [9.17, 15) is 0 Å². The highest BCUT2D eigenvalue weighted by Gasteiger charge is 2.27. The van der Waals surface area contributed by atoms with Crippen LogP contribution in [0.5, 0.6) is 5.75 Å². The van der Waals surface area contributed by atoms with Gasteiger partial charge in [0.25, 0.3) is 0 Å². The second-order valence-corrected chi connectivity index (χ2v) is 5.74. The summed E-state index contributed by atoms with van der Waals surface area (Å²) in [6.07, 6.45) is 6.83. The first-order valence-corrected chi connectivity index (χ1v) is 7.59. The molecular formula is C17H27NO. The highest BCUT2D eigenvalue weighted by molar-refractivity contribution is 5.31. The van der Waals surface area contributed by atoms with E-state index in [1.54, 1.807) is 7.11 Å². The molecular weight excluding hydrogens is 234 g/mol. The lowest BCUT2D eigenvalue weighted by Gasteiger charge is -2.34. The van der Waals surface area contributed by atoms with Gasteiger partial charge >= 0.3 is 0 Å². The van der Waals surface area contributed by atoms with E-state index in [1.165, 1.54) is 37.7 Å². The normalized spacial score (nSPS) is 25.0. The third-order valence-corrected chi connectivity index (χ3v) is 4.64. The number of nitrogens with one attached hydrogen (secondary N) is 1. The van der Waals surface area contributed by atoms with Crippen molar-refractivity contribution in [2.75, 3.05) is 14.2 Å². The summed E-state index contributed by atoms with van der Waals surface area (Å²) in [5, 5.41) is 3.53. The number of rotatable bonds is 5. The molecule has 2 rings (SSSR count). The van der Waals surface area contributed by atoms with Crippen molar-refractivity contribution in [3.05, 3.63) is 29.8 Å². The molecule has 0 heterocycles. The van der Waals surface area contributed by atoms with Crippen LogP contribution in [0.1, 0.15) is 50.6 Å². The first-order valence-electron chi connectivity index (χ1n) is 7.59. The molecule has 1 aliphatic rings. The molecule has 0 bridgehead atoms. The first kappa shape index (κ1) is 14.4. The molecule has 1 N–H and O–H groups in total. The second kappa shape index (κ2) is 6.95. The maximum absolute atomic E-state index is 5.35. The summed E-state index contributed by atoms with van der Waals surface area (Å²) in [5.41, 5.74) is 1.36. The fraction of sp³-hybridized carbons (Fsp3) is 0.647. The standard InChI is InChI=1S/C17H27NO/c1-4-13-7-5-8-14(11-13)17(18-2)15-9-6-10-16(12-15)19-3/h6,9-10,12-14,17-18H,4-5,7-8,11H2,1-3H3. The van der Waals surface area contributed by atoms with Crippen LogP contribution < -0.4 is 10.1 Å². The van der Waals surface area contributed by atoms with Crippen LogP contribution in [0.4, 0.5) is 0 Å². The Morgan fingerprint density at radius 2 is 2.21 bits per heavy atom. The molecule has 1 aromatic rings. The van der Waals surface area contributed by atoms with Crippen LogP contribution in [0, 0.1) is 11.8 Å². The van der Waals surface area contributed by atoms with Crippen LogP contribution in [-0.4, -0.2) is 14.2 Å². The fourth-order valence-corrected chi connectivity index (χ4v) is 3.52. The average Bonchev–Trinajstić information content (AvgIpc) is 2.48. The first-order chi connectivity index (χ1) is 9.28.